The molecule has 4 rings (SSSR count). The van der Waals surface area contributed by atoms with Crippen molar-refractivity contribution in [3.63, 3.8) is 0 Å². The molecule has 0 saturated carbocycles. The average molecular weight is 361 g/mol. The number of rotatable bonds is 4. The number of aromatic nitrogens is 1. The smallest absolute Gasteiger partial charge is 0.259 e. The average Bonchev–Trinajstić information content (AvgIpc) is 3.14. The molecule has 1 aliphatic heterocycles. The first-order chi connectivity index (χ1) is 13.1. The van der Waals surface area contributed by atoms with Crippen LogP contribution < -0.4 is 10.9 Å². The van der Waals surface area contributed by atoms with Crippen molar-refractivity contribution >= 4 is 22.8 Å². The molecule has 5 nitrogen and oxygen atoms in total. The number of nitrogens with one attached hydrogen (secondary N) is 3. The Kier molecular flexibility index (Phi) is 4.54. The van der Waals surface area contributed by atoms with Gasteiger partial charge in [0.25, 0.3) is 5.56 Å². The lowest BCUT2D eigenvalue weighted by Crippen LogP contribution is -2.23. The van der Waals surface area contributed by atoms with Crippen LogP contribution in [-0.2, 0) is 4.74 Å². The zero-order chi connectivity index (χ0) is 19.0. The summed E-state index contributed by atoms with van der Waals surface area (Å²) in [6.07, 6.45) is 2.02. The summed E-state index contributed by atoms with van der Waals surface area (Å²) in [7, 11) is 0. The maximum atomic E-state index is 12.6. The van der Waals surface area contributed by atoms with E-state index >= 15 is 0 Å². The Labute approximate surface area is 157 Å². The van der Waals surface area contributed by atoms with Crippen LogP contribution in [0.5, 0.6) is 0 Å². The van der Waals surface area contributed by atoms with Crippen molar-refractivity contribution in [2.24, 2.45) is 0 Å². The standard InChI is InChI=1S/C22H23N3O2/c1-13-4-3-5-14(2)20(13)15-6-7-17-19(10-15)25-22(26)18(11-23)21(17)24-16-8-9-27-12-16/h3-7,10-11,16,23H,8-9,12H2,1-2H3,(H2,24,25,26)/t16-/m1/s1. The van der Waals surface area contributed by atoms with Gasteiger partial charge in [-0.1, -0.05) is 30.3 Å². The Morgan fingerprint density at radius 2 is 2.00 bits per heavy atom. The Bertz CT molecular complexity index is 1060. The predicted octanol–water partition coefficient (Wildman–Crippen LogP) is 4.01. The molecule has 5 heteroatoms. The van der Waals surface area contributed by atoms with Crippen LogP contribution in [0.3, 0.4) is 0 Å². The highest BCUT2D eigenvalue weighted by molar-refractivity contribution is 6.02. The molecule has 1 fully saturated rings. The molecule has 1 aromatic heterocycles. The van der Waals surface area contributed by atoms with E-state index < -0.39 is 0 Å². The molecule has 3 N–H and O–H groups in total. The molecule has 0 spiro atoms. The lowest BCUT2D eigenvalue weighted by molar-refractivity contribution is 0.195. The first-order valence-electron chi connectivity index (χ1n) is 9.20. The van der Waals surface area contributed by atoms with Gasteiger partial charge in [0.1, 0.15) is 0 Å². The fraction of sp³-hybridized carbons (Fsp3) is 0.273. The SMILES string of the molecule is Cc1cccc(C)c1-c1ccc2c(N[C@@H]3CCOC3)c(C=N)c(=O)[nH]c2c1. The number of aromatic amines is 1. The molecular formula is C22H23N3O2. The molecule has 0 radical (unpaired) electrons. The normalized spacial score (nSPS) is 16.6. The van der Waals surface area contributed by atoms with E-state index in [0.29, 0.717) is 17.9 Å². The molecule has 2 heterocycles. The van der Waals surface area contributed by atoms with Crippen LogP contribution in [0.1, 0.15) is 23.1 Å². The Hall–Kier alpha value is -2.92. The zero-order valence-corrected chi connectivity index (χ0v) is 15.6. The number of aryl methyl sites for hydroxylation is 2. The second-order valence-corrected chi connectivity index (χ2v) is 7.12. The number of hydrogen-bond acceptors (Lipinski definition) is 4. The number of benzene rings is 2. The highest BCUT2D eigenvalue weighted by atomic mass is 16.5. The Balaban J connectivity index is 1.90. The van der Waals surface area contributed by atoms with Crippen molar-refractivity contribution in [2.75, 3.05) is 18.5 Å². The zero-order valence-electron chi connectivity index (χ0n) is 15.6. The van der Waals surface area contributed by atoms with E-state index in [0.717, 1.165) is 35.7 Å². The fourth-order valence-corrected chi connectivity index (χ4v) is 3.88. The number of pyridine rings is 1. The molecule has 0 aliphatic carbocycles. The van der Waals surface area contributed by atoms with Gasteiger partial charge in [-0.3, -0.25) is 4.79 Å². The minimum absolute atomic E-state index is 0.159. The fourth-order valence-electron chi connectivity index (χ4n) is 3.88. The molecule has 0 unspecified atom stereocenters. The van der Waals surface area contributed by atoms with Crippen molar-refractivity contribution < 1.29 is 4.74 Å². The van der Waals surface area contributed by atoms with Crippen LogP contribution in [0, 0.1) is 19.3 Å². The minimum Gasteiger partial charge on any atom is -0.379 e. The summed E-state index contributed by atoms with van der Waals surface area (Å²) < 4.78 is 5.44. The highest BCUT2D eigenvalue weighted by Gasteiger charge is 2.19. The molecule has 27 heavy (non-hydrogen) atoms. The van der Waals surface area contributed by atoms with Crippen LogP contribution in [-0.4, -0.2) is 30.5 Å². The maximum Gasteiger partial charge on any atom is 0.259 e. The van der Waals surface area contributed by atoms with E-state index in [1.165, 1.54) is 16.7 Å². The van der Waals surface area contributed by atoms with Crippen LogP contribution in [0.2, 0.25) is 0 Å². The number of fused-ring (bicyclic) bond motifs is 1. The molecule has 1 atom stereocenters. The lowest BCUT2D eigenvalue weighted by atomic mass is 9.94. The van der Waals surface area contributed by atoms with Gasteiger partial charge in [0.15, 0.2) is 0 Å². The van der Waals surface area contributed by atoms with Gasteiger partial charge in [0, 0.05) is 18.2 Å². The third kappa shape index (κ3) is 3.15. The lowest BCUT2D eigenvalue weighted by Gasteiger charge is -2.17. The molecule has 3 aromatic rings. The van der Waals surface area contributed by atoms with E-state index in [2.05, 4.69) is 48.4 Å². The number of hydrogen-bond donors (Lipinski definition) is 3. The van der Waals surface area contributed by atoms with E-state index in [1.807, 2.05) is 12.1 Å². The van der Waals surface area contributed by atoms with Crippen LogP contribution in [0.25, 0.3) is 22.0 Å². The van der Waals surface area contributed by atoms with Crippen LogP contribution in [0.4, 0.5) is 5.69 Å². The number of ether oxygens (including phenoxy) is 1. The van der Waals surface area contributed by atoms with Crippen LogP contribution >= 0.6 is 0 Å². The summed E-state index contributed by atoms with van der Waals surface area (Å²) in [6, 6.07) is 12.5. The Morgan fingerprint density at radius 3 is 2.67 bits per heavy atom. The summed E-state index contributed by atoms with van der Waals surface area (Å²) in [6.45, 7) is 5.53. The summed E-state index contributed by atoms with van der Waals surface area (Å²) in [5, 5.41) is 12.0. The van der Waals surface area contributed by atoms with E-state index in [-0.39, 0.29) is 11.6 Å². The van der Waals surface area contributed by atoms with Gasteiger partial charge in [-0.25, -0.2) is 0 Å². The topological polar surface area (TPSA) is 78.0 Å². The van der Waals surface area contributed by atoms with Gasteiger partial charge in [0.2, 0.25) is 0 Å². The molecule has 1 saturated heterocycles. The summed E-state index contributed by atoms with van der Waals surface area (Å²) >= 11 is 0. The molecule has 0 amide bonds. The highest BCUT2D eigenvalue weighted by Crippen LogP contribution is 2.32. The predicted molar refractivity (Wildman–Crippen MR) is 110 cm³/mol. The minimum atomic E-state index is -0.252. The summed E-state index contributed by atoms with van der Waals surface area (Å²) in [4.78, 5) is 15.5. The van der Waals surface area contributed by atoms with Crippen molar-refractivity contribution in [3.05, 3.63) is 63.4 Å². The largest absolute Gasteiger partial charge is 0.379 e. The van der Waals surface area contributed by atoms with Gasteiger partial charge in [-0.05, 0) is 48.6 Å². The third-order valence-electron chi connectivity index (χ3n) is 5.24. The molecule has 1 aliphatic rings. The first kappa shape index (κ1) is 17.5. The third-order valence-corrected chi connectivity index (χ3v) is 5.24. The van der Waals surface area contributed by atoms with Gasteiger partial charge >= 0.3 is 0 Å². The summed E-state index contributed by atoms with van der Waals surface area (Å²) in [5.41, 5.74) is 6.26. The number of anilines is 1. The molecular weight excluding hydrogens is 338 g/mol. The quantitative estimate of drug-likeness (QED) is 0.615. The van der Waals surface area contributed by atoms with Crippen molar-refractivity contribution in [3.8, 4) is 11.1 Å². The van der Waals surface area contributed by atoms with E-state index in [4.69, 9.17) is 10.1 Å². The molecule has 138 valence electrons. The summed E-state index contributed by atoms with van der Waals surface area (Å²) in [5.74, 6) is 0. The number of H-pyrrole nitrogens is 1. The Morgan fingerprint density at radius 1 is 1.22 bits per heavy atom. The molecule has 2 aromatic carbocycles. The van der Waals surface area contributed by atoms with E-state index in [9.17, 15) is 4.79 Å². The second kappa shape index (κ2) is 7.00. The van der Waals surface area contributed by atoms with Crippen molar-refractivity contribution in [1.82, 2.24) is 4.98 Å². The second-order valence-electron chi connectivity index (χ2n) is 7.12. The maximum absolute atomic E-state index is 12.6. The van der Waals surface area contributed by atoms with Crippen molar-refractivity contribution in [1.29, 1.82) is 5.41 Å². The monoisotopic (exact) mass is 361 g/mol. The van der Waals surface area contributed by atoms with Crippen molar-refractivity contribution in [2.45, 2.75) is 26.3 Å². The van der Waals surface area contributed by atoms with Gasteiger partial charge < -0.3 is 20.4 Å². The van der Waals surface area contributed by atoms with Gasteiger partial charge in [-0.15, -0.1) is 0 Å². The van der Waals surface area contributed by atoms with Crippen LogP contribution in [0.15, 0.2) is 41.2 Å². The first-order valence-corrected chi connectivity index (χ1v) is 9.20. The van der Waals surface area contributed by atoms with E-state index in [1.54, 1.807) is 0 Å². The molecule has 0 bridgehead atoms. The van der Waals surface area contributed by atoms with Gasteiger partial charge in [0.05, 0.1) is 29.4 Å². The van der Waals surface area contributed by atoms with Gasteiger partial charge in [-0.2, -0.15) is 0 Å².